The van der Waals surface area contributed by atoms with Gasteiger partial charge in [0.25, 0.3) is 0 Å². The zero-order valence-electron chi connectivity index (χ0n) is 7.58. The van der Waals surface area contributed by atoms with Crippen LogP contribution in [0.3, 0.4) is 0 Å². The van der Waals surface area contributed by atoms with Gasteiger partial charge < -0.3 is 5.73 Å². The smallest absolute Gasteiger partial charge is 0.250 e. The van der Waals surface area contributed by atoms with E-state index in [1.54, 1.807) is 12.3 Å². The largest absolute Gasteiger partial charge is 0.330 e. The number of hydrogen-bond donors (Lipinski definition) is 1. The summed E-state index contributed by atoms with van der Waals surface area (Å²) in [6, 6.07) is 1.65. The summed E-state index contributed by atoms with van der Waals surface area (Å²) in [6.07, 6.45) is 2.51. The van der Waals surface area contributed by atoms with Gasteiger partial charge in [0, 0.05) is 31.0 Å². The molecule has 2 rings (SSSR count). The topological polar surface area (TPSA) is 51.8 Å². The third kappa shape index (κ3) is 1.37. The molecular formula is C9H11F2N3. The maximum Gasteiger partial charge on any atom is 0.250 e. The summed E-state index contributed by atoms with van der Waals surface area (Å²) in [5, 5.41) is 0. The Morgan fingerprint density at radius 2 is 2.14 bits per heavy atom. The molecule has 0 unspecified atom stereocenters. The molecule has 0 aliphatic heterocycles. The minimum atomic E-state index is -2.58. The van der Waals surface area contributed by atoms with Crippen molar-refractivity contribution in [1.82, 2.24) is 9.97 Å². The third-order valence-electron chi connectivity index (χ3n) is 2.71. The van der Waals surface area contributed by atoms with Crippen molar-refractivity contribution < 1.29 is 8.78 Å². The first-order valence-corrected chi connectivity index (χ1v) is 4.42. The van der Waals surface area contributed by atoms with E-state index in [0.29, 0.717) is 5.69 Å². The number of aromatic nitrogens is 2. The first-order valence-electron chi connectivity index (χ1n) is 4.42. The highest BCUT2D eigenvalue weighted by Gasteiger charge is 2.57. The molecule has 2 N–H and O–H groups in total. The van der Waals surface area contributed by atoms with Crippen molar-refractivity contribution in [3.63, 3.8) is 0 Å². The van der Waals surface area contributed by atoms with Crippen LogP contribution in [0.5, 0.6) is 0 Å². The lowest BCUT2D eigenvalue weighted by Crippen LogP contribution is -2.54. The number of halogens is 2. The van der Waals surface area contributed by atoms with Crippen LogP contribution >= 0.6 is 0 Å². The van der Waals surface area contributed by atoms with E-state index >= 15 is 0 Å². The first-order chi connectivity index (χ1) is 6.58. The second kappa shape index (κ2) is 2.95. The van der Waals surface area contributed by atoms with Gasteiger partial charge in [0.15, 0.2) is 0 Å². The lowest BCUT2D eigenvalue weighted by molar-refractivity contribution is -0.125. The fraction of sp³-hybridized carbons (Fsp3) is 0.556. The minimum absolute atomic E-state index is 0.201. The molecule has 1 aliphatic carbocycles. The zero-order chi connectivity index (χ0) is 10.2. The van der Waals surface area contributed by atoms with E-state index in [9.17, 15) is 8.78 Å². The Bertz CT molecular complexity index is 318. The molecule has 0 spiro atoms. The van der Waals surface area contributed by atoms with E-state index < -0.39 is 11.3 Å². The van der Waals surface area contributed by atoms with E-state index in [1.807, 2.05) is 0 Å². The molecule has 1 aromatic rings. The van der Waals surface area contributed by atoms with Crippen LogP contribution in [0, 0.1) is 0 Å². The van der Waals surface area contributed by atoms with Crippen molar-refractivity contribution in [2.45, 2.75) is 24.2 Å². The highest BCUT2D eigenvalue weighted by molar-refractivity contribution is 5.23. The maximum atomic E-state index is 12.8. The second-order valence-corrected chi connectivity index (χ2v) is 3.79. The van der Waals surface area contributed by atoms with Gasteiger partial charge in [0.2, 0.25) is 5.92 Å². The molecule has 0 bridgehead atoms. The van der Waals surface area contributed by atoms with Crippen molar-refractivity contribution >= 4 is 0 Å². The summed E-state index contributed by atoms with van der Waals surface area (Å²) in [6.45, 7) is 0.208. The fourth-order valence-corrected chi connectivity index (χ4v) is 1.97. The molecular weight excluding hydrogens is 188 g/mol. The molecule has 0 atom stereocenters. The van der Waals surface area contributed by atoms with Gasteiger partial charge in [-0.15, -0.1) is 0 Å². The summed E-state index contributed by atoms with van der Waals surface area (Å²) in [5.74, 6) is -2.58. The number of nitrogens with zero attached hydrogens (tertiary/aromatic N) is 2. The van der Waals surface area contributed by atoms with Gasteiger partial charge in [-0.25, -0.2) is 18.7 Å². The molecule has 0 radical (unpaired) electrons. The number of alkyl halides is 2. The van der Waals surface area contributed by atoms with Gasteiger partial charge in [0.1, 0.15) is 6.33 Å². The van der Waals surface area contributed by atoms with E-state index in [2.05, 4.69) is 9.97 Å². The molecule has 1 heterocycles. The van der Waals surface area contributed by atoms with Gasteiger partial charge in [-0.05, 0) is 6.07 Å². The van der Waals surface area contributed by atoms with E-state index in [-0.39, 0.29) is 19.4 Å². The molecule has 0 amide bonds. The molecule has 1 aliphatic rings. The Kier molecular flexibility index (Phi) is 1.99. The molecule has 76 valence electrons. The minimum Gasteiger partial charge on any atom is -0.330 e. The lowest BCUT2D eigenvalue weighted by atomic mass is 9.64. The lowest BCUT2D eigenvalue weighted by Gasteiger charge is -2.46. The number of hydrogen-bond acceptors (Lipinski definition) is 3. The molecule has 1 aromatic heterocycles. The third-order valence-corrected chi connectivity index (χ3v) is 2.71. The van der Waals surface area contributed by atoms with Crippen LogP contribution in [-0.4, -0.2) is 22.4 Å². The highest BCUT2D eigenvalue weighted by atomic mass is 19.3. The highest BCUT2D eigenvalue weighted by Crippen LogP contribution is 2.52. The van der Waals surface area contributed by atoms with Crippen LogP contribution in [0.4, 0.5) is 8.78 Å². The van der Waals surface area contributed by atoms with Crippen molar-refractivity contribution in [2.24, 2.45) is 5.73 Å². The Hall–Kier alpha value is -1.10. The van der Waals surface area contributed by atoms with Gasteiger partial charge in [-0.3, -0.25) is 0 Å². The predicted octanol–water partition coefficient (Wildman–Crippen LogP) is 1.10. The summed E-state index contributed by atoms with van der Waals surface area (Å²) in [7, 11) is 0. The van der Waals surface area contributed by atoms with Crippen molar-refractivity contribution in [2.75, 3.05) is 6.54 Å². The van der Waals surface area contributed by atoms with Crippen LogP contribution in [0.2, 0.25) is 0 Å². The molecule has 0 saturated heterocycles. The van der Waals surface area contributed by atoms with Gasteiger partial charge in [-0.2, -0.15) is 0 Å². The van der Waals surface area contributed by atoms with Crippen LogP contribution in [0.25, 0.3) is 0 Å². The van der Waals surface area contributed by atoms with Crippen LogP contribution in [-0.2, 0) is 5.41 Å². The van der Waals surface area contributed by atoms with E-state index in [1.165, 1.54) is 6.33 Å². The van der Waals surface area contributed by atoms with Gasteiger partial charge >= 0.3 is 0 Å². The van der Waals surface area contributed by atoms with Crippen LogP contribution in [0.15, 0.2) is 18.6 Å². The Labute approximate surface area is 80.4 Å². The average molecular weight is 199 g/mol. The van der Waals surface area contributed by atoms with E-state index in [0.717, 1.165) is 0 Å². The maximum absolute atomic E-state index is 12.8. The second-order valence-electron chi connectivity index (χ2n) is 3.79. The van der Waals surface area contributed by atoms with Gasteiger partial charge in [-0.1, -0.05) is 0 Å². The summed E-state index contributed by atoms with van der Waals surface area (Å²) >= 11 is 0. The van der Waals surface area contributed by atoms with Crippen molar-refractivity contribution in [1.29, 1.82) is 0 Å². The average Bonchev–Trinajstić information content (AvgIpc) is 2.15. The zero-order valence-corrected chi connectivity index (χ0v) is 7.58. The molecule has 1 fully saturated rings. The van der Waals surface area contributed by atoms with Gasteiger partial charge in [0.05, 0.1) is 5.69 Å². The van der Waals surface area contributed by atoms with Crippen molar-refractivity contribution in [3.8, 4) is 0 Å². The molecule has 3 nitrogen and oxygen atoms in total. The Balaban J connectivity index is 2.25. The van der Waals surface area contributed by atoms with E-state index in [4.69, 9.17) is 5.73 Å². The number of nitrogens with two attached hydrogens (primary N) is 1. The summed E-state index contributed by atoms with van der Waals surface area (Å²) in [4.78, 5) is 7.73. The quantitative estimate of drug-likeness (QED) is 0.776. The van der Waals surface area contributed by atoms with Crippen molar-refractivity contribution in [3.05, 3.63) is 24.3 Å². The predicted molar refractivity (Wildman–Crippen MR) is 46.9 cm³/mol. The summed E-state index contributed by atoms with van der Waals surface area (Å²) < 4.78 is 25.6. The number of rotatable bonds is 2. The standard InChI is InChI=1S/C9H11F2N3/c10-9(11)3-8(4-9,5-12)7-1-2-13-6-14-7/h1-2,6H,3-5,12H2. The summed E-state index contributed by atoms with van der Waals surface area (Å²) in [5.41, 5.74) is 5.52. The molecule has 14 heavy (non-hydrogen) atoms. The monoisotopic (exact) mass is 199 g/mol. The molecule has 5 heteroatoms. The fourth-order valence-electron chi connectivity index (χ4n) is 1.97. The van der Waals surface area contributed by atoms with Crippen LogP contribution in [0.1, 0.15) is 18.5 Å². The Morgan fingerprint density at radius 3 is 2.57 bits per heavy atom. The molecule has 0 aromatic carbocycles. The first kappa shape index (κ1) is 9.45. The SMILES string of the molecule is NCC1(c2ccncn2)CC(F)(F)C1. The Morgan fingerprint density at radius 1 is 1.43 bits per heavy atom. The molecule has 1 saturated carbocycles. The van der Waals surface area contributed by atoms with Crippen LogP contribution < -0.4 is 5.73 Å². The normalized spacial score (nSPS) is 22.8.